The summed E-state index contributed by atoms with van der Waals surface area (Å²) in [6.45, 7) is 9.47. The predicted octanol–water partition coefficient (Wildman–Crippen LogP) is 3.05. The third-order valence-electron chi connectivity index (χ3n) is 3.98. The Hall–Kier alpha value is -1.06. The van der Waals surface area contributed by atoms with Crippen molar-refractivity contribution in [2.75, 3.05) is 26.2 Å². The van der Waals surface area contributed by atoms with Crippen LogP contribution in [0, 0.1) is 0 Å². The molecule has 0 aliphatic carbocycles. The molecule has 0 aromatic heterocycles. The first kappa shape index (κ1) is 15.3. The zero-order chi connectivity index (χ0) is 14.2. The van der Waals surface area contributed by atoms with Gasteiger partial charge < -0.3 is 10.1 Å². The first-order valence-corrected chi connectivity index (χ1v) is 7.99. The van der Waals surface area contributed by atoms with Crippen LogP contribution in [0.4, 0.5) is 0 Å². The van der Waals surface area contributed by atoms with Crippen LogP contribution < -0.4 is 10.1 Å². The monoisotopic (exact) mass is 276 g/mol. The van der Waals surface area contributed by atoms with Crippen LogP contribution >= 0.6 is 0 Å². The highest BCUT2D eigenvalue weighted by Gasteiger charge is 2.15. The minimum Gasteiger partial charge on any atom is -0.494 e. The molecule has 1 aromatic rings. The van der Waals surface area contributed by atoms with Gasteiger partial charge in [0.25, 0.3) is 0 Å². The molecule has 1 atom stereocenters. The van der Waals surface area contributed by atoms with E-state index in [1.165, 1.54) is 31.4 Å². The van der Waals surface area contributed by atoms with Gasteiger partial charge in [-0.05, 0) is 50.6 Å². The molecule has 1 fully saturated rings. The minimum atomic E-state index is 0.673. The van der Waals surface area contributed by atoms with Gasteiger partial charge in [0, 0.05) is 19.1 Å². The number of nitrogens with zero attached hydrogens (tertiary/aromatic N) is 1. The van der Waals surface area contributed by atoms with E-state index >= 15 is 0 Å². The molecule has 0 bridgehead atoms. The first-order chi connectivity index (χ1) is 9.81. The van der Waals surface area contributed by atoms with E-state index in [4.69, 9.17) is 4.74 Å². The molecular weight excluding hydrogens is 248 g/mol. The van der Waals surface area contributed by atoms with E-state index < -0.39 is 0 Å². The Morgan fingerprint density at radius 2 is 2.00 bits per heavy atom. The smallest absolute Gasteiger partial charge is 0.119 e. The van der Waals surface area contributed by atoms with E-state index in [1.54, 1.807) is 0 Å². The zero-order valence-corrected chi connectivity index (χ0v) is 12.9. The normalized spacial score (nSPS) is 19.2. The van der Waals surface area contributed by atoms with Gasteiger partial charge in [-0.3, -0.25) is 4.90 Å². The first-order valence-electron chi connectivity index (χ1n) is 7.99. The highest BCUT2D eigenvalue weighted by Crippen LogP contribution is 2.15. The van der Waals surface area contributed by atoms with Crippen LogP contribution in [0.15, 0.2) is 24.3 Å². The Labute approximate surface area is 123 Å². The van der Waals surface area contributed by atoms with Crippen molar-refractivity contribution >= 4 is 0 Å². The van der Waals surface area contributed by atoms with Crippen LogP contribution in [-0.4, -0.2) is 37.2 Å². The van der Waals surface area contributed by atoms with Gasteiger partial charge in [0.2, 0.25) is 0 Å². The lowest BCUT2D eigenvalue weighted by atomic mass is 10.0. The standard InChI is InChI=1S/C17H28N2O/c1-3-19(14-16-7-5-6-12-18-16)13-15-8-10-17(11-9-15)20-4-2/h8-11,16,18H,3-7,12-14H2,1-2H3. The maximum Gasteiger partial charge on any atom is 0.119 e. The van der Waals surface area contributed by atoms with Crippen LogP contribution in [0.1, 0.15) is 38.7 Å². The molecule has 0 radical (unpaired) electrons. The lowest BCUT2D eigenvalue weighted by molar-refractivity contribution is 0.226. The second kappa shape index (κ2) is 8.28. The summed E-state index contributed by atoms with van der Waals surface area (Å²) in [5.74, 6) is 0.966. The molecule has 1 aliphatic rings. The summed E-state index contributed by atoms with van der Waals surface area (Å²) in [6.07, 6.45) is 4.03. The maximum atomic E-state index is 5.49. The Balaban J connectivity index is 1.85. The topological polar surface area (TPSA) is 24.5 Å². The van der Waals surface area contributed by atoms with Crippen molar-refractivity contribution in [3.8, 4) is 5.75 Å². The van der Waals surface area contributed by atoms with Gasteiger partial charge in [-0.25, -0.2) is 0 Å². The fourth-order valence-electron chi connectivity index (χ4n) is 2.81. The van der Waals surface area contributed by atoms with E-state index in [0.717, 1.165) is 32.0 Å². The molecule has 0 spiro atoms. The minimum absolute atomic E-state index is 0.673. The molecule has 3 heteroatoms. The van der Waals surface area contributed by atoms with Gasteiger partial charge in [-0.15, -0.1) is 0 Å². The average molecular weight is 276 g/mol. The maximum absolute atomic E-state index is 5.49. The summed E-state index contributed by atoms with van der Waals surface area (Å²) in [5, 5.41) is 3.63. The largest absolute Gasteiger partial charge is 0.494 e. The summed E-state index contributed by atoms with van der Waals surface area (Å²) >= 11 is 0. The molecular formula is C17H28N2O. The molecule has 1 heterocycles. The third-order valence-corrected chi connectivity index (χ3v) is 3.98. The highest BCUT2D eigenvalue weighted by molar-refractivity contribution is 5.27. The second-order valence-corrected chi connectivity index (χ2v) is 5.55. The van der Waals surface area contributed by atoms with Gasteiger partial charge in [-0.2, -0.15) is 0 Å². The van der Waals surface area contributed by atoms with Crippen LogP contribution in [0.2, 0.25) is 0 Å². The summed E-state index contributed by atoms with van der Waals surface area (Å²) in [5.41, 5.74) is 1.37. The van der Waals surface area contributed by atoms with Gasteiger partial charge in [-0.1, -0.05) is 25.5 Å². The lowest BCUT2D eigenvalue weighted by Crippen LogP contribution is -2.43. The van der Waals surface area contributed by atoms with E-state index in [9.17, 15) is 0 Å². The highest BCUT2D eigenvalue weighted by atomic mass is 16.5. The molecule has 1 N–H and O–H groups in total. The molecule has 1 aliphatic heterocycles. The summed E-state index contributed by atoms with van der Waals surface area (Å²) < 4.78 is 5.49. The SMILES string of the molecule is CCOc1ccc(CN(CC)CC2CCCCN2)cc1. The van der Waals surface area contributed by atoms with Crippen molar-refractivity contribution < 1.29 is 4.74 Å². The van der Waals surface area contributed by atoms with Crippen LogP contribution in [0.25, 0.3) is 0 Å². The summed E-state index contributed by atoms with van der Waals surface area (Å²) in [6, 6.07) is 9.19. The number of likely N-dealkylation sites (N-methyl/N-ethyl adjacent to an activating group) is 1. The van der Waals surface area contributed by atoms with Crippen molar-refractivity contribution in [1.82, 2.24) is 10.2 Å². The van der Waals surface area contributed by atoms with Crippen LogP contribution in [-0.2, 0) is 6.54 Å². The Kier molecular flexibility index (Phi) is 6.34. The van der Waals surface area contributed by atoms with E-state index in [-0.39, 0.29) is 0 Å². The molecule has 0 saturated carbocycles. The fraction of sp³-hybridized carbons (Fsp3) is 0.647. The Bertz CT molecular complexity index is 371. The molecule has 1 unspecified atom stereocenters. The van der Waals surface area contributed by atoms with Gasteiger partial charge in [0.15, 0.2) is 0 Å². The Morgan fingerprint density at radius 3 is 2.60 bits per heavy atom. The molecule has 112 valence electrons. The number of benzene rings is 1. The van der Waals surface area contributed by atoms with E-state index in [0.29, 0.717) is 6.04 Å². The number of hydrogen-bond acceptors (Lipinski definition) is 3. The van der Waals surface area contributed by atoms with Gasteiger partial charge in [0.05, 0.1) is 6.61 Å². The quantitative estimate of drug-likeness (QED) is 0.828. The lowest BCUT2D eigenvalue weighted by Gasteiger charge is -2.30. The number of ether oxygens (including phenoxy) is 1. The number of piperidine rings is 1. The van der Waals surface area contributed by atoms with E-state index in [2.05, 4.69) is 41.4 Å². The second-order valence-electron chi connectivity index (χ2n) is 5.55. The van der Waals surface area contributed by atoms with Crippen molar-refractivity contribution in [2.24, 2.45) is 0 Å². The molecule has 1 saturated heterocycles. The van der Waals surface area contributed by atoms with Gasteiger partial charge >= 0.3 is 0 Å². The third kappa shape index (κ3) is 4.80. The van der Waals surface area contributed by atoms with Crippen LogP contribution in [0.5, 0.6) is 5.75 Å². The Morgan fingerprint density at radius 1 is 1.20 bits per heavy atom. The van der Waals surface area contributed by atoms with Gasteiger partial charge in [0.1, 0.15) is 5.75 Å². The summed E-state index contributed by atoms with van der Waals surface area (Å²) in [7, 11) is 0. The number of hydrogen-bond donors (Lipinski definition) is 1. The zero-order valence-electron chi connectivity index (χ0n) is 12.9. The summed E-state index contributed by atoms with van der Waals surface area (Å²) in [4.78, 5) is 2.53. The van der Waals surface area contributed by atoms with Crippen molar-refractivity contribution in [1.29, 1.82) is 0 Å². The average Bonchev–Trinajstić information content (AvgIpc) is 2.50. The number of nitrogens with one attached hydrogen (secondary N) is 1. The van der Waals surface area contributed by atoms with Crippen molar-refractivity contribution in [3.05, 3.63) is 29.8 Å². The van der Waals surface area contributed by atoms with E-state index in [1.807, 2.05) is 6.92 Å². The number of rotatable bonds is 7. The fourth-order valence-corrected chi connectivity index (χ4v) is 2.81. The molecule has 3 nitrogen and oxygen atoms in total. The molecule has 2 rings (SSSR count). The predicted molar refractivity (Wildman–Crippen MR) is 84.2 cm³/mol. The van der Waals surface area contributed by atoms with Crippen LogP contribution in [0.3, 0.4) is 0 Å². The van der Waals surface area contributed by atoms with Crippen molar-refractivity contribution in [3.63, 3.8) is 0 Å². The molecule has 1 aromatic carbocycles. The molecule has 0 amide bonds. The molecule has 20 heavy (non-hydrogen) atoms. The van der Waals surface area contributed by atoms with Crippen molar-refractivity contribution in [2.45, 2.75) is 45.7 Å².